The summed E-state index contributed by atoms with van der Waals surface area (Å²) in [6, 6.07) is 20.1. The number of nitrogens with zero attached hydrogens (tertiary/aromatic N) is 4. The Bertz CT molecular complexity index is 1000. The highest BCUT2D eigenvalue weighted by molar-refractivity contribution is 6.06. The maximum atomic E-state index is 13.3. The van der Waals surface area contributed by atoms with Gasteiger partial charge in [0.15, 0.2) is 0 Å². The maximum Gasteiger partial charge on any atom is 0.277 e. The van der Waals surface area contributed by atoms with Crippen LogP contribution < -0.4 is 9.80 Å². The molecule has 142 valence electrons. The third-order valence-electron chi connectivity index (χ3n) is 5.09. The summed E-state index contributed by atoms with van der Waals surface area (Å²) in [7, 11) is 1.95. The van der Waals surface area contributed by atoms with Gasteiger partial charge in [-0.1, -0.05) is 48.5 Å². The van der Waals surface area contributed by atoms with Crippen LogP contribution in [0.25, 0.3) is 0 Å². The van der Waals surface area contributed by atoms with E-state index in [0.29, 0.717) is 18.2 Å². The minimum absolute atomic E-state index is 0.0719. The second-order valence-corrected chi connectivity index (χ2v) is 7.39. The summed E-state index contributed by atoms with van der Waals surface area (Å²) in [5.74, 6) is 0.490. The highest BCUT2D eigenvalue weighted by Crippen LogP contribution is 2.33. The van der Waals surface area contributed by atoms with Gasteiger partial charge in [0.1, 0.15) is 5.69 Å². The first-order valence-electron chi connectivity index (χ1n) is 9.55. The molecule has 0 N–H and O–H groups in total. The van der Waals surface area contributed by atoms with Crippen molar-refractivity contribution < 1.29 is 4.79 Å². The van der Waals surface area contributed by atoms with Crippen molar-refractivity contribution in [3.8, 4) is 0 Å². The van der Waals surface area contributed by atoms with Crippen LogP contribution in [0.4, 0.5) is 11.6 Å². The summed E-state index contributed by atoms with van der Waals surface area (Å²) < 4.78 is 0. The molecule has 2 aromatic carbocycles. The molecule has 0 fully saturated rings. The van der Waals surface area contributed by atoms with Gasteiger partial charge >= 0.3 is 0 Å². The van der Waals surface area contributed by atoms with Crippen LogP contribution in [0.1, 0.15) is 34.2 Å². The second-order valence-electron chi connectivity index (χ2n) is 7.39. The van der Waals surface area contributed by atoms with Crippen molar-refractivity contribution in [2.75, 3.05) is 16.8 Å². The first kappa shape index (κ1) is 18.2. The molecule has 1 aliphatic rings. The quantitative estimate of drug-likeness (QED) is 0.694. The largest absolute Gasteiger partial charge is 0.340 e. The van der Waals surface area contributed by atoms with Crippen LogP contribution in [0.3, 0.4) is 0 Å². The number of aryl methyl sites for hydroxylation is 1. The Morgan fingerprint density at radius 1 is 1.11 bits per heavy atom. The van der Waals surface area contributed by atoms with Gasteiger partial charge in [-0.05, 0) is 43.5 Å². The topological polar surface area (TPSA) is 49.3 Å². The molecule has 5 heteroatoms. The lowest BCUT2D eigenvalue weighted by atomic mass is 10.1. The summed E-state index contributed by atoms with van der Waals surface area (Å²) >= 11 is 0. The molecule has 4 rings (SSSR count). The van der Waals surface area contributed by atoms with Crippen molar-refractivity contribution in [1.29, 1.82) is 0 Å². The predicted octanol–water partition coefficient (Wildman–Crippen LogP) is 4.01. The molecule has 0 saturated heterocycles. The normalized spacial score (nSPS) is 15.4. The van der Waals surface area contributed by atoms with Crippen LogP contribution in [-0.2, 0) is 13.0 Å². The maximum absolute atomic E-state index is 13.3. The molecular formula is C23H24N4O. The Morgan fingerprint density at radius 2 is 1.82 bits per heavy atom. The molecular weight excluding hydrogens is 348 g/mol. The van der Waals surface area contributed by atoms with E-state index in [4.69, 9.17) is 0 Å². The smallest absolute Gasteiger partial charge is 0.277 e. The molecule has 1 amide bonds. The van der Waals surface area contributed by atoms with Crippen molar-refractivity contribution in [2.45, 2.75) is 32.9 Å². The fourth-order valence-corrected chi connectivity index (χ4v) is 3.76. The molecule has 5 nitrogen and oxygen atoms in total. The number of rotatable bonds is 4. The zero-order valence-corrected chi connectivity index (χ0v) is 16.5. The zero-order valence-electron chi connectivity index (χ0n) is 16.5. The van der Waals surface area contributed by atoms with E-state index in [1.165, 1.54) is 11.1 Å². The van der Waals surface area contributed by atoms with E-state index < -0.39 is 0 Å². The number of amides is 1. The van der Waals surface area contributed by atoms with Crippen molar-refractivity contribution >= 4 is 17.5 Å². The van der Waals surface area contributed by atoms with E-state index in [2.05, 4.69) is 35.1 Å². The number of anilines is 2. The van der Waals surface area contributed by atoms with Crippen LogP contribution in [0.2, 0.25) is 0 Å². The van der Waals surface area contributed by atoms with Gasteiger partial charge in [0.25, 0.3) is 5.91 Å². The SMILES string of the molecule is Cc1cc(C(=O)N2c3ccccc3CC2C)nc(N(C)Cc2ccccc2)n1. The van der Waals surface area contributed by atoms with Gasteiger partial charge in [-0.25, -0.2) is 9.97 Å². The fraction of sp³-hybridized carbons (Fsp3) is 0.261. The molecule has 1 aliphatic heterocycles. The Kier molecular flexibility index (Phi) is 4.82. The van der Waals surface area contributed by atoms with E-state index in [9.17, 15) is 4.79 Å². The molecule has 3 aromatic rings. The van der Waals surface area contributed by atoms with E-state index >= 15 is 0 Å². The van der Waals surface area contributed by atoms with E-state index in [-0.39, 0.29) is 11.9 Å². The van der Waals surface area contributed by atoms with E-state index in [1.807, 2.05) is 60.2 Å². The number of carbonyl (C=O) groups is 1. The molecule has 1 atom stereocenters. The summed E-state index contributed by atoms with van der Waals surface area (Å²) in [6.45, 7) is 4.66. The first-order valence-corrected chi connectivity index (χ1v) is 9.55. The molecule has 0 bridgehead atoms. The number of hydrogen-bond acceptors (Lipinski definition) is 4. The van der Waals surface area contributed by atoms with Crippen LogP contribution in [0.15, 0.2) is 60.7 Å². The van der Waals surface area contributed by atoms with E-state index in [0.717, 1.165) is 17.8 Å². The Balaban J connectivity index is 1.63. The van der Waals surface area contributed by atoms with Crippen LogP contribution in [0.5, 0.6) is 0 Å². The Morgan fingerprint density at radius 3 is 2.61 bits per heavy atom. The lowest BCUT2D eigenvalue weighted by molar-refractivity contribution is 0.0976. The Hall–Kier alpha value is -3.21. The van der Waals surface area contributed by atoms with Crippen molar-refractivity contribution in [3.05, 3.63) is 83.2 Å². The molecule has 0 spiro atoms. The number of para-hydroxylation sites is 1. The minimum Gasteiger partial charge on any atom is -0.340 e. The van der Waals surface area contributed by atoms with Crippen molar-refractivity contribution in [3.63, 3.8) is 0 Å². The van der Waals surface area contributed by atoms with Crippen LogP contribution in [-0.4, -0.2) is 29.0 Å². The second kappa shape index (κ2) is 7.43. The predicted molar refractivity (Wildman–Crippen MR) is 112 cm³/mol. The molecule has 0 saturated carbocycles. The van der Waals surface area contributed by atoms with Gasteiger partial charge in [-0.3, -0.25) is 4.79 Å². The van der Waals surface area contributed by atoms with E-state index in [1.54, 1.807) is 6.07 Å². The average Bonchev–Trinajstić information content (AvgIpc) is 3.03. The third-order valence-corrected chi connectivity index (χ3v) is 5.09. The molecule has 0 aliphatic carbocycles. The van der Waals surface area contributed by atoms with Crippen LogP contribution in [0, 0.1) is 6.92 Å². The lowest BCUT2D eigenvalue weighted by Gasteiger charge is -2.23. The van der Waals surface area contributed by atoms with Crippen molar-refractivity contribution in [1.82, 2.24) is 9.97 Å². The Labute approximate surface area is 165 Å². The van der Waals surface area contributed by atoms with Crippen LogP contribution >= 0.6 is 0 Å². The summed E-state index contributed by atoms with van der Waals surface area (Å²) in [5.41, 5.74) is 4.58. The standard InChI is InChI=1S/C23H24N4O/c1-16-13-20(22(28)27-17(2)14-19-11-7-8-12-21(19)27)25-23(24-16)26(3)15-18-9-5-4-6-10-18/h4-13,17H,14-15H2,1-3H3. The minimum atomic E-state index is -0.0719. The fourth-order valence-electron chi connectivity index (χ4n) is 3.76. The summed E-state index contributed by atoms with van der Waals surface area (Å²) in [6.07, 6.45) is 0.868. The lowest BCUT2D eigenvalue weighted by Crippen LogP contribution is -2.36. The summed E-state index contributed by atoms with van der Waals surface area (Å²) in [4.78, 5) is 26.3. The van der Waals surface area contributed by atoms with Gasteiger partial charge in [0.05, 0.1) is 0 Å². The van der Waals surface area contributed by atoms with Gasteiger partial charge < -0.3 is 9.80 Å². The molecule has 2 heterocycles. The highest BCUT2D eigenvalue weighted by Gasteiger charge is 2.32. The summed E-state index contributed by atoms with van der Waals surface area (Å²) in [5, 5.41) is 0. The molecule has 1 aromatic heterocycles. The van der Waals surface area contributed by atoms with Gasteiger partial charge in [-0.2, -0.15) is 0 Å². The molecule has 1 unspecified atom stereocenters. The number of carbonyl (C=O) groups excluding carboxylic acids is 1. The zero-order chi connectivity index (χ0) is 19.7. The molecule has 28 heavy (non-hydrogen) atoms. The van der Waals surface area contributed by atoms with Crippen molar-refractivity contribution in [2.24, 2.45) is 0 Å². The third kappa shape index (κ3) is 3.48. The van der Waals surface area contributed by atoms with Gasteiger partial charge in [-0.15, -0.1) is 0 Å². The monoisotopic (exact) mass is 372 g/mol. The first-order chi connectivity index (χ1) is 13.5. The number of fused-ring (bicyclic) bond motifs is 1. The number of aromatic nitrogens is 2. The number of hydrogen-bond donors (Lipinski definition) is 0. The molecule has 0 radical (unpaired) electrons. The highest BCUT2D eigenvalue weighted by atomic mass is 16.2. The average molecular weight is 372 g/mol. The number of benzene rings is 2. The van der Waals surface area contributed by atoms with Gasteiger partial charge in [0.2, 0.25) is 5.95 Å². The van der Waals surface area contributed by atoms with Gasteiger partial charge in [0, 0.05) is 31.0 Å².